The molecular formula is C16H12ClNO2. The molecule has 0 saturated carbocycles. The molecule has 0 N–H and O–H groups in total. The molecule has 0 spiro atoms. The number of carbonyl (C=O) groups is 1. The van der Waals surface area contributed by atoms with Crippen LogP contribution in [-0.4, -0.2) is 13.1 Å². The van der Waals surface area contributed by atoms with Crippen molar-refractivity contribution in [2.24, 2.45) is 0 Å². The molecule has 0 bridgehead atoms. The fourth-order valence-electron chi connectivity index (χ4n) is 2.11. The molecule has 1 aliphatic rings. The van der Waals surface area contributed by atoms with Gasteiger partial charge in [-0.15, -0.1) is 0 Å². The number of fused-ring (bicyclic) bond motifs is 1. The molecule has 20 heavy (non-hydrogen) atoms. The molecule has 4 heteroatoms. The van der Waals surface area contributed by atoms with Crippen LogP contribution in [0.2, 0.25) is 5.02 Å². The minimum atomic E-state index is -0.385. The van der Waals surface area contributed by atoms with Crippen molar-refractivity contribution >= 4 is 35.2 Å². The summed E-state index contributed by atoms with van der Waals surface area (Å²) in [5, 5.41) is 0.674. The van der Waals surface area contributed by atoms with Crippen LogP contribution in [0, 0.1) is 0 Å². The van der Waals surface area contributed by atoms with Crippen molar-refractivity contribution in [2.75, 3.05) is 11.9 Å². The second-order valence-electron chi connectivity index (χ2n) is 4.50. The van der Waals surface area contributed by atoms with Gasteiger partial charge in [0.2, 0.25) is 0 Å². The third-order valence-electron chi connectivity index (χ3n) is 3.17. The van der Waals surface area contributed by atoms with Gasteiger partial charge in [0.1, 0.15) is 5.76 Å². The number of para-hydroxylation sites is 1. The molecule has 1 amide bonds. The molecule has 2 aromatic carbocycles. The predicted octanol–water partition coefficient (Wildman–Crippen LogP) is 4.42. The number of cyclic esters (lactones) is 1. The highest BCUT2D eigenvalue weighted by Crippen LogP contribution is 2.34. The lowest BCUT2D eigenvalue weighted by Crippen LogP contribution is -2.31. The van der Waals surface area contributed by atoms with Crippen LogP contribution in [0.3, 0.4) is 0 Å². The van der Waals surface area contributed by atoms with E-state index in [0.717, 1.165) is 16.8 Å². The zero-order valence-corrected chi connectivity index (χ0v) is 11.6. The van der Waals surface area contributed by atoms with Crippen molar-refractivity contribution in [1.29, 1.82) is 0 Å². The summed E-state index contributed by atoms with van der Waals surface area (Å²) in [5.74, 6) is 0.547. The maximum absolute atomic E-state index is 11.9. The molecule has 3 nitrogen and oxygen atoms in total. The fraction of sp³-hybridized carbons (Fsp3) is 0.0625. The number of halogens is 1. The SMILES string of the molecule is CN1C(=O)O/C(=C\c2ccc(Cl)cc2)c2ccccc21. The van der Waals surface area contributed by atoms with Crippen LogP contribution in [0.1, 0.15) is 11.1 Å². The lowest BCUT2D eigenvalue weighted by Gasteiger charge is -2.26. The first-order valence-corrected chi connectivity index (χ1v) is 6.55. The maximum Gasteiger partial charge on any atom is 0.419 e. The molecule has 0 unspecified atom stereocenters. The Kier molecular flexibility index (Phi) is 3.20. The zero-order valence-electron chi connectivity index (χ0n) is 10.8. The van der Waals surface area contributed by atoms with E-state index in [0.29, 0.717) is 10.8 Å². The van der Waals surface area contributed by atoms with Crippen LogP contribution in [0.25, 0.3) is 11.8 Å². The number of hydrogen-bond acceptors (Lipinski definition) is 2. The van der Waals surface area contributed by atoms with E-state index in [1.165, 1.54) is 4.90 Å². The lowest BCUT2D eigenvalue weighted by molar-refractivity contribution is 0.199. The Balaban J connectivity index is 2.08. The minimum Gasteiger partial charge on any atom is -0.409 e. The lowest BCUT2D eigenvalue weighted by atomic mass is 10.1. The van der Waals surface area contributed by atoms with E-state index in [2.05, 4.69) is 0 Å². The maximum atomic E-state index is 11.9. The van der Waals surface area contributed by atoms with Crippen molar-refractivity contribution in [3.05, 3.63) is 64.7 Å². The number of amides is 1. The van der Waals surface area contributed by atoms with Gasteiger partial charge in [-0.3, -0.25) is 4.90 Å². The monoisotopic (exact) mass is 285 g/mol. The highest BCUT2D eigenvalue weighted by atomic mass is 35.5. The van der Waals surface area contributed by atoms with Gasteiger partial charge in [-0.05, 0) is 35.9 Å². The fourth-order valence-corrected chi connectivity index (χ4v) is 2.23. The molecular weight excluding hydrogens is 274 g/mol. The Bertz CT molecular complexity index is 692. The third-order valence-corrected chi connectivity index (χ3v) is 3.42. The summed E-state index contributed by atoms with van der Waals surface area (Å²) in [7, 11) is 1.69. The Morgan fingerprint density at radius 2 is 1.80 bits per heavy atom. The first-order chi connectivity index (χ1) is 9.65. The van der Waals surface area contributed by atoms with Gasteiger partial charge in [0.15, 0.2) is 0 Å². The summed E-state index contributed by atoms with van der Waals surface area (Å²) in [6.45, 7) is 0. The molecule has 0 atom stereocenters. The van der Waals surface area contributed by atoms with E-state index in [1.54, 1.807) is 19.2 Å². The molecule has 0 aliphatic carbocycles. The summed E-state index contributed by atoms with van der Waals surface area (Å²) < 4.78 is 5.37. The number of nitrogens with zero attached hydrogens (tertiary/aromatic N) is 1. The molecule has 1 heterocycles. The summed E-state index contributed by atoms with van der Waals surface area (Å²) in [6, 6.07) is 15.0. The summed E-state index contributed by atoms with van der Waals surface area (Å²) >= 11 is 5.87. The standard InChI is InChI=1S/C16H12ClNO2/c1-18-14-5-3-2-4-13(14)15(20-16(18)19)10-11-6-8-12(17)9-7-11/h2-10H,1H3/b15-10-. The van der Waals surface area contributed by atoms with E-state index in [-0.39, 0.29) is 6.09 Å². The van der Waals surface area contributed by atoms with Gasteiger partial charge in [-0.2, -0.15) is 0 Å². The van der Waals surface area contributed by atoms with Crippen LogP contribution in [-0.2, 0) is 4.74 Å². The average Bonchev–Trinajstić information content (AvgIpc) is 2.47. The molecule has 1 aliphatic heterocycles. The molecule has 0 radical (unpaired) electrons. The Labute approximate surface area is 122 Å². The number of ether oxygens (including phenoxy) is 1. The second kappa shape index (κ2) is 5.02. The Hall–Kier alpha value is -2.26. The van der Waals surface area contributed by atoms with Gasteiger partial charge in [0, 0.05) is 17.6 Å². The molecule has 100 valence electrons. The number of rotatable bonds is 1. The second-order valence-corrected chi connectivity index (χ2v) is 4.94. The number of benzene rings is 2. The van der Waals surface area contributed by atoms with Crippen LogP contribution >= 0.6 is 11.6 Å². The predicted molar refractivity (Wildman–Crippen MR) is 80.6 cm³/mol. The minimum absolute atomic E-state index is 0.385. The molecule has 3 rings (SSSR count). The average molecular weight is 286 g/mol. The van der Waals surface area contributed by atoms with Gasteiger partial charge in [0.25, 0.3) is 0 Å². The zero-order chi connectivity index (χ0) is 14.1. The summed E-state index contributed by atoms with van der Waals surface area (Å²) in [4.78, 5) is 13.3. The molecule has 0 fully saturated rings. The smallest absolute Gasteiger partial charge is 0.409 e. The third kappa shape index (κ3) is 2.28. The first-order valence-electron chi connectivity index (χ1n) is 6.17. The number of carbonyl (C=O) groups excluding carboxylic acids is 1. The van der Waals surface area contributed by atoms with Crippen LogP contribution in [0.4, 0.5) is 10.5 Å². The topological polar surface area (TPSA) is 29.5 Å². The van der Waals surface area contributed by atoms with Gasteiger partial charge in [-0.25, -0.2) is 4.79 Å². The molecule has 0 saturated heterocycles. The first kappa shape index (κ1) is 12.8. The van der Waals surface area contributed by atoms with Crippen molar-refractivity contribution in [1.82, 2.24) is 0 Å². The number of hydrogen-bond donors (Lipinski definition) is 0. The van der Waals surface area contributed by atoms with Gasteiger partial charge in [0.05, 0.1) is 5.69 Å². The van der Waals surface area contributed by atoms with E-state index in [1.807, 2.05) is 42.5 Å². The van der Waals surface area contributed by atoms with Gasteiger partial charge < -0.3 is 4.74 Å². The normalized spacial score (nSPS) is 16.0. The van der Waals surface area contributed by atoms with E-state index >= 15 is 0 Å². The highest BCUT2D eigenvalue weighted by Gasteiger charge is 2.25. The van der Waals surface area contributed by atoms with Crippen molar-refractivity contribution in [2.45, 2.75) is 0 Å². The van der Waals surface area contributed by atoms with Crippen molar-refractivity contribution in [3.8, 4) is 0 Å². The summed E-state index contributed by atoms with van der Waals surface area (Å²) in [6.07, 6.45) is 1.45. The highest BCUT2D eigenvalue weighted by molar-refractivity contribution is 6.30. The number of anilines is 1. The molecule has 0 aromatic heterocycles. The van der Waals surface area contributed by atoms with Crippen LogP contribution < -0.4 is 4.90 Å². The van der Waals surface area contributed by atoms with Gasteiger partial charge in [-0.1, -0.05) is 35.9 Å². The summed E-state index contributed by atoms with van der Waals surface area (Å²) in [5.41, 5.74) is 2.66. The molecule has 2 aromatic rings. The van der Waals surface area contributed by atoms with Crippen molar-refractivity contribution < 1.29 is 9.53 Å². The van der Waals surface area contributed by atoms with Crippen LogP contribution in [0.15, 0.2) is 48.5 Å². The van der Waals surface area contributed by atoms with Crippen LogP contribution in [0.5, 0.6) is 0 Å². The van der Waals surface area contributed by atoms with Crippen molar-refractivity contribution in [3.63, 3.8) is 0 Å². The Morgan fingerprint density at radius 3 is 2.55 bits per heavy atom. The quantitative estimate of drug-likeness (QED) is 0.776. The van der Waals surface area contributed by atoms with Gasteiger partial charge >= 0.3 is 6.09 Å². The van der Waals surface area contributed by atoms with E-state index in [4.69, 9.17) is 16.3 Å². The largest absolute Gasteiger partial charge is 0.419 e. The van der Waals surface area contributed by atoms with E-state index < -0.39 is 0 Å². The Morgan fingerprint density at radius 1 is 1.10 bits per heavy atom. The van der Waals surface area contributed by atoms with E-state index in [9.17, 15) is 4.79 Å².